The van der Waals surface area contributed by atoms with Crippen molar-refractivity contribution < 1.29 is 17.9 Å². The van der Waals surface area contributed by atoms with E-state index < -0.39 is 22.0 Å². The Labute approximate surface area is 186 Å². The zero-order valence-electron chi connectivity index (χ0n) is 17.0. The number of carbonyl (C=O) groups excluding carboxylic acids is 1. The Morgan fingerprint density at radius 2 is 1.74 bits per heavy atom. The first-order valence-electron chi connectivity index (χ1n) is 9.67. The molecule has 1 amide bonds. The number of halogens is 1. The molecule has 3 aromatic rings. The topological polar surface area (TPSA) is 75.7 Å². The minimum absolute atomic E-state index is 0.153. The van der Waals surface area contributed by atoms with Crippen molar-refractivity contribution >= 4 is 38.9 Å². The number of hydrogen-bond donors (Lipinski definition) is 1. The number of carbonyl (C=O) groups is 1. The average molecular weight is 457 g/mol. The molecule has 1 aliphatic heterocycles. The molecule has 8 heteroatoms. The van der Waals surface area contributed by atoms with E-state index in [1.165, 1.54) is 4.31 Å². The third-order valence-electron chi connectivity index (χ3n) is 4.98. The van der Waals surface area contributed by atoms with Crippen molar-refractivity contribution in [1.29, 1.82) is 0 Å². The molecule has 0 radical (unpaired) electrons. The van der Waals surface area contributed by atoms with Gasteiger partial charge >= 0.3 is 0 Å². The molecule has 4 rings (SSSR count). The van der Waals surface area contributed by atoms with Crippen molar-refractivity contribution in [3.63, 3.8) is 0 Å². The van der Waals surface area contributed by atoms with E-state index in [9.17, 15) is 13.2 Å². The Balaban J connectivity index is 1.70. The van der Waals surface area contributed by atoms with Crippen LogP contribution in [0.2, 0.25) is 5.02 Å². The summed E-state index contributed by atoms with van der Waals surface area (Å²) < 4.78 is 34.0. The van der Waals surface area contributed by atoms with Crippen LogP contribution in [0.3, 0.4) is 0 Å². The van der Waals surface area contributed by atoms with Gasteiger partial charge in [-0.25, -0.2) is 8.42 Å². The van der Waals surface area contributed by atoms with E-state index in [4.69, 9.17) is 16.3 Å². The number of ether oxygens (including phenoxy) is 1. The first-order valence-corrected chi connectivity index (χ1v) is 11.5. The molecular weight excluding hydrogens is 436 g/mol. The molecule has 6 nitrogen and oxygen atoms in total. The summed E-state index contributed by atoms with van der Waals surface area (Å²) >= 11 is 5.99. The zero-order valence-corrected chi connectivity index (χ0v) is 18.6. The molecule has 1 atom stereocenters. The summed E-state index contributed by atoms with van der Waals surface area (Å²) in [6, 6.07) is 18.6. The van der Waals surface area contributed by atoms with Crippen LogP contribution >= 0.6 is 11.6 Å². The molecule has 1 N–H and O–H groups in total. The predicted octanol–water partition coefficient (Wildman–Crippen LogP) is 4.55. The van der Waals surface area contributed by atoms with Crippen molar-refractivity contribution in [3.05, 3.63) is 82.9 Å². The van der Waals surface area contributed by atoms with Crippen LogP contribution in [-0.2, 0) is 14.8 Å². The van der Waals surface area contributed by atoms with Crippen molar-refractivity contribution in [3.8, 4) is 5.75 Å². The van der Waals surface area contributed by atoms with E-state index in [0.29, 0.717) is 22.1 Å². The number of aryl methyl sites for hydroxylation is 2. The fourth-order valence-electron chi connectivity index (χ4n) is 3.35. The van der Waals surface area contributed by atoms with Crippen LogP contribution < -0.4 is 14.4 Å². The lowest BCUT2D eigenvalue weighted by Gasteiger charge is -2.35. The van der Waals surface area contributed by atoms with Crippen LogP contribution in [0.4, 0.5) is 11.4 Å². The summed E-state index contributed by atoms with van der Waals surface area (Å²) in [6.07, 6.45) is -1.03. The third kappa shape index (κ3) is 4.38. The number of hydrogen-bond acceptors (Lipinski definition) is 4. The van der Waals surface area contributed by atoms with Gasteiger partial charge in [0, 0.05) is 10.7 Å². The lowest BCUT2D eigenvalue weighted by Crippen LogP contribution is -2.48. The second-order valence-electron chi connectivity index (χ2n) is 7.43. The van der Waals surface area contributed by atoms with Gasteiger partial charge in [-0.05, 0) is 61.9 Å². The molecule has 0 spiro atoms. The molecule has 0 unspecified atom stereocenters. The van der Waals surface area contributed by atoms with Gasteiger partial charge in [-0.1, -0.05) is 41.4 Å². The smallest absolute Gasteiger partial charge is 0.267 e. The van der Waals surface area contributed by atoms with Crippen LogP contribution in [-0.4, -0.2) is 27.0 Å². The zero-order chi connectivity index (χ0) is 22.2. The molecule has 0 fully saturated rings. The molecule has 1 heterocycles. The van der Waals surface area contributed by atoms with Gasteiger partial charge in [-0.15, -0.1) is 0 Å². The third-order valence-corrected chi connectivity index (χ3v) is 7.01. The van der Waals surface area contributed by atoms with E-state index in [2.05, 4.69) is 5.32 Å². The number of rotatable bonds is 4. The van der Waals surface area contributed by atoms with Crippen LogP contribution in [0.15, 0.2) is 71.6 Å². The van der Waals surface area contributed by atoms with E-state index >= 15 is 0 Å². The highest BCUT2D eigenvalue weighted by Gasteiger charge is 2.37. The van der Waals surface area contributed by atoms with Crippen LogP contribution in [0.5, 0.6) is 5.75 Å². The summed E-state index contributed by atoms with van der Waals surface area (Å²) in [7, 11) is -3.90. The van der Waals surface area contributed by atoms with Gasteiger partial charge in [0.1, 0.15) is 5.75 Å². The molecule has 3 aromatic carbocycles. The van der Waals surface area contributed by atoms with E-state index in [0.717, 1.165) is 11.1 Å². The fraction of sp³-hybridized carbons (Fsp3) is 0.174. The Morgan fingerprint density at radius 3 is 2.45 bits per heavy atom. The predicted molar refractivity (Wildman–Crippen MR) is 121 cm³/mol. The molecule has 0 aliphatic carbocycles. The Hall–Kier alpha value is -3.03. The maximum atomic E-state index is 13.4. The largest absolute Gasteiger partial charge is 0.476 e. The minimum Gasteiger partial charge on any atom is -0.476 e. The van der Waals surface area contributed by atoms with Crippen LogP contribution in [0.1, 0.15) is 11.1 Å². The van der Waals surface area contributed by atoms with Crippen LogP contribution in [0.25, 0.3) is 0 Å². The number of nitrogens with zero attached hydrogens (tertiary/aromatic N) is 1. The maximum absolute atomic E-state index is 13.4. The van der Waals surface area contributed by atoms with E-state index in [1.807, 2.05) is 19.9 Å². The van der Waals surface area contributed by atoms with Gasteiger partial charge in [0.05, 0.1) is 17.1 Å². The van der Waals surface area contributed by atoms with Gasteiger partial charge < -0.3 is 10.1 Å². The normalized spacial score (nSPS) is 15.7. The summed E-state index contributed by atoms with van der Waals surface area (Å²) in [5.74, 6) is -0.119. The first kappa shape index (κ1) is 21.2. The van der Waals surface area contributed by atoms with Gasteiger partial charge in [-0.3, -0.25) is 9.10 Å². The fourth-order valence-corrected chi connectivity index (χ4v) is 5.02. The van der Waals surface area contributed by atoms with Crippen molar-refractivity contribution in [2.45, 2.75) is 24.8 Å². The highest BCUT2D eigenvalue weighted by molar-refractivity contribution is 7.92. The second-order valence-corrected chi connectivity index (χ2v) is 9.73. The van der Waals surface area contributed by atoms with E-state index in [-0.39, 0.29) is 11.4 Å². The van der Waals surface area contributed by atoms with Gasteiger partial charge in [-0.2, -0.15) is 0 Å². The van der Waals surface area contributed by atoms with Crippen molar-refractivity contribution in [2.24, 2.45) is 0 Å². The highest BCUT2D eigenvalue weighted by Crippen LogP contribution is 2.38. The highest BCUT2D eigenvalue weighted by atomic mass is 35.5. The quantitative estimate of drug-likeness (QED) is 0.624. The van der Waals surface area contributed by atoms with Crippen LogP contribution in [0, 0.1) is 13.8 Å². The number of nitrogens with one attached hydrogen (secondary N) is 1. The molecule has 160 valence electrons. The second kappa shape index (κ2) is 8.24. The summed E-state index contributed by atoms with van der Waals surface area (Å²) in [5.41, 5.74) is 2.75. The number of benzene rings is 3. The summed E-state index contributed by atoms with van der Waals surface area (Å²) in [4.78, 5) is 13.1. The van der Waals surface area contributed by atoms with Gasteiger partial charge in [0.15, 0.2) is 6.10 Å². The Kier molecular flexibility index (Phi) is 5.64. The Morgan fingerprint density at radius 1 is 1.03 bits per heavy atom. The molecule has 31 heavy (non-hydrogen) atoms. The molecule has 0 aromatic heterocycles. The SMILES string of the molecule is Cc1ccc(S(=O)(=O)N2C[C@@H](C(=O)Nc3cccc(Cl)c3)Oc3cc(C)ccc32)cc1. The molecule has 0 saturated heterocycles. The summed E-state index contributed by atoms with van der Waals surface area (Å²) in [6.45, 7) is 3.61. The average Bonchev–Trinajstić information content (AvgIpc) is 2.73. The minimum atomic E-state index is -3.90. The lowest BCUT2D eigenvalue weighted by atomic mass is 10.1. The standard InChI is InChI=1S/C23H21ClN2O4S/c1-15-6-9-19(10-7-15)31(28,29)26-14-22(30-21-12-16(2)8-11-20(21)26)23(27)25-18-5-3-4-17(24)13-18/h3-13,22H,14H2,1-2H3,(H,25,27)/t22-/m0/s1. The molecule has 0 bridgehead atoms. The number of sulfonamides is 1. The number of anilines is 2. The molecular formula is C23H21ClN2O4S. The van der Waals surface area contributed by atoms with Crippen molar-refractivity contribution in [1.82, 2.24) is 0 Å². The Bertz CT molecular complexity index is 1240. The monoisotopic (exact) mass is 456 g/mol. The van der Waals surface area contributed by atoms with E-state index in [1.54, 1.807) is 60.7 Å². The first-order chi connectivity index (χ1) is 14.7. The lowest BCUT2D eigenvalue weighted by molar-refractivity contribution is -0.122. The molecule has 0 saturated carbocycles. The van der Waals surface area contributed by atoms with Crippen molar-refractivity contribution in [2.75, 3.05) is 16.2 Å². The summed E-state index contributed by atoms with van der Waals surface area (Å²) in [5, 5.41) is 3.23. The van der Waals surface area contributed by atoms with Gasteiger partial charge in [0.2, 0.25) is 0 Å². The van der Waals surface area contributed by atoms with Gasteiger partial charge in [0.25, 0.3) is 15.9 Å². The number of amides is 1. The molecule has 1 aliphatic rings. The maximum Gasteiger partial charge on any atom is 0.267 e. The number of fused-ring (bicyclic) bond motifs is 1.